The van der Waals surface area contributed by atoms with Crippen molar-refractivity contribution >= 4 is 5.91 Å². The molecule has 0 bridgehead atoms. The van der Waals surface area contributed by atoms with Gasteiger partial charge in [0.2, 0.25) is 5.91 Å². The van der Waals surface area contributed by atoms with Crippen molar-refractivity contribution in [2.24, 2.45) is 5.73 Å². The van der Waals surface area contributed by atoms with Crippen molar-refractivity contribution < 1.29 is 9.53 Å². The van der Waals surface area contributed by atoms with Gasteiger partial charge in [-0.1, -0.05) is 30.3 Å². The van der Waals surface area contributed by atoms with Crippen molar-refractivity contribution in [2.45, 2.75) is 37.8 Å². The quantitative estimate of drug-likeness (QED) is 0.868. The summed E-state index contributed by atoms with van der Waals surface area (Å²) < 4.78 is 5.39. The average molecular weight is 262 g/mol. The van der Waals surface area contributed by atoms with Crippen LogP contribution in [0, 0.1) is 0 Å². The Morgan fingerprint density at radius 1 is 1.32 bits per heavy atom. The fraction of sp³-hybridized carbons (Fsp3) is 0.533. The lowest BCUT2D eigenvalue weighted by atomic mass is 9.91. The lowest BCUT2D eigenvalue weighted by Gasteiger charge is -2.27. The molecule has 0 aromatic heterocycles. The van der Waals surface area contributed by atoms with Crippen molar-refractivity contribution in [3.05, 3.63) is 35.9 Å². The molecule has 1 aliphatic rings. The first kappa shape index (κ1) is 14.0. The molecule has 0 saturated carbocycles. The van der Waals surface area contributed by atoms with Gasteiger partial charge in [0, 0.05) is 19.3 Å². The van der Waals surface area contributed by atoms with Gasteiger partial charge in [-0.25, -0.2) is 0 Å². The van der Waals surface area contributed by atoms with Crippen LogP contribution in [0.3, 0.4) is 0 Å². The average Bonchev–Trinajstić information content (AvgIpc) is 2.68. The number of nitrogens with two attached hydrogens (primary N) is 1. The molecule has 104 valence electrons. The summed E-state index contributed by atoms with van der Waals surface area (Å²) in [5.41, 5.74) is 6.03. The topological polar surface area (TPSA) is 64.4 Å². The lowest BCUT2D eigenvalue weighted by molar-refractivity contribution is -0.126. The maximum atomic E-state index is 12.4. The summed E-state index contributed by atoms with van der Waals surface area (Å²) in [5.74, 6) is -0.120. The summed E-state index contributed by atoms with van der Waals surface area (Å²) in [7, 11) is 0. The molecule has 2 rings (SSSR count). The van der Waals surface area contributed by atoms with Crippen molar-refractivity contribution in [1.29, 1.82) is 0 Å². The first-order valence-corrected chi connectivity index (χ1v) is 6.84. The van der Waals surface area contributed by atoms with Crippen molar-refractivity contribution in [3.8, 4) is 0 Å². The lowest BCUT2D eigenvalue weighted by Crippen LogP contribution is -2.52. The van der Waals surface area contributed by atoms with Gasteiger partial charge in [0.25, 0.3) is 0 Å². The van der Waals surface area contributed by atoms with Crippen LogP contribution in [0.5, 0.6) is 0 Å². The number of amides is 1. The van der Waals surface area contributed by atoms with E-state index in [1.807, 2.05) is 30.3 Å². The van der Waals surface area contributed by atoms with Gasteiger partial charge in [0.15, 0.2) is 0 Å². The minimum absolute atomic E-state index is 0.120. The zero-order chi connectivity index (χ0) is 13.7. The highest BCUT2D eigenvalue weighted by molar-refractivity contribution is 5.87. The van der Waals surface area contributed by atoms with Gasteiger partial charge >= 0.3 is 0 Å². The van der Waals surface area contributed by atoms with E-state index in [4.69, 9.17) is 10.5 Å². The van der Waals surface area contributed by atoms with E-state index in [9.17, 15) is 4.79 Å². The molecule has 1 heterocycles. The summed E-state index contributed by atoms with van der Waals surface area (Å²) in [5, 5.41) is 3.05. The third-order valence-corrected chi connectivity index (χ3v) is 3.63. The normalized spacial score (nSPS) is 23.2. The van der Waals surface area contributed by atoms with Crippen LogP contribution in [0.2, 0.25) is 0 Å². The summed E-state index contributed by atoms with van der Waals surface area (Å²) in [6.45, 7) is 3.24. The Balaban J connectivity index is 2.02. The van der Waals surface area contributed by atoms with E-state index in [-0.39, 0.29) is 11.9 Å². The van der Waals surface area contributed by atoms with Crippen molar-refractivity contribution in [1.82, 2.24) is 5.32 Å². The summed E-state index contributed by atoms with van der Waals surface area (Å²) >= 11 is 0. The van der Waals surface area contributed by atoms with Gasteiger partial charge in [0.05, 0.1) is 0 Å². The van der Waals surface area contributed by atoms with Crippen LogP contribution in [0.15, 0.2) is 30.3 Å². The first-order chi connectivity index (χ1) is 9.10. The van der Waals surface area contributed by atoms with Gasteiger partial charge in [-0.3, -0.25) is 4.79 Å². The van der Waals surface area contributed by atoms with E-state index in [1.54, 1.807) is 6.92 Å². The van der Waals surface area contributed by atoms with Crippen LogP contribution < -0.4 is 11.1 Å². The number of hydrogen-bond acceptors (Lipinski definition) is 3. The van der Waals surface area contributed by atoms with Gasteiger partial charge in [-0.05, 0) is 31.7 Å². The molecule has 0 radical (unpaired) electrons. The molecule has 1 saturated heterocycles. The van der Waals surface area contributed by atoms with Crippen LogP contribution in [0.4, 0.5) is 0 Å². The number of hydrogen-bond donors (Lipinski definition) is 2. The predicted molar refractivity (Wildman–Crippen MR) is 74.6 cm³/mol. The van der Waals surface area contributed by atoms with Gasteiger partial charge in [0.1, 0.15) is 5.54 Å². The first-order valence-electron chi connectivity index (χ1n) is 6.84. The molecule has 19 heavy (non-hydrogen) atoms. The maximum Gasteiger partial charge on any atom is 0.244 e. The fourth-order valence-corrected chi connectivity index (χ4v) is 2.30. The second kappa shape index (κ2) is 6.17. The Morgan fingerprint density at radius 3 is 2.79 bits per heavy atom. The standard InChI is InChI=1S/C15H22N2O2/c1-15(16,12-6-3-2-4-7-12)14(18)17-13-8-5-10-19-11-9-13/h2-4,6-7,13H,5,8-11,16H2,1H3,(H,17,18). The van der Waals surface area contributed by atoms with E-state index in [0.29, 0.717) is 6.61 Å². The monoisotopic (exact) mass is 262 g/mol. The van der Waals surface area contributed by atoms with Gasteiger partial charge < -0.3 is 15.8 Å². The number of benzene rings is 1. The molecule has 4 nitrogen and oxygen atoms in total. The molecule has 1 aliphatic heterocycles. The summed E-state index contributed by atoms with van der Waals surface area (Å²) in [4.78, 5) is 12.4. The van der Waals surface area contributed by atoms with Crippen LogP contribution in [0.25, 0.3) is 0 Å². The fourth-order valence-electron chi connectivity index (χ4n) is 2.30. The Hall–Kier alpha value is -1.39. The summed E-state index contributed by atoms with van der Waals surface area (Å²) in [6, 6.07) is 9.65. The van der Waals surface area contributed by atoms with Crippen LogP contribution >= 0.6 is 0 Å². The predicted octanol–water partition coefficient (Wildman–Crippen LogP) is 1.55. The zero-order valence-electron chi connectivity index (χ0n) is 11.4. The smallest absolute Gasteiger partial charge is 0.244 e. The number of nitrogens with one attached hydrogen (secondary N) is 1. The third kappa shape index (κ3) is 3.55. The van der Waals surface area contributed by atoms with Crippen LogP contribution in [-0.2, 0) is 15.1 Å². The number of ether oxygens (including phenoxy) is 1. The highest BCUT2D eigenvalue weighted by atomic mass is 16.5. The molecule has 0 spiro atoms. The molecule has 1 fully saturated rings. The largest absolute Gasteiger partial charge is 0.381 e. The van der Waals surface area contributed by atoms with E-state index in [2.05, 4.69) is 5.32 Å². The Morgan fingerprint density at radius 2 is 2.05 bits per heavy atom. The van der Waals surface area contributed by atoms with E-state index in [0.717, 1.165) is 31.4 Å². The second-order valence-corrected chi connectivity index (χ2v) is 5.28. The van der Waals surface area contributed by atoms with Gasteiger partial charge in [-0.2, -0.15) is 0 Å². The Bertz CT molecular complexity index is 409. The molecule has 1 amide bonds. The zero-order valence-corrected chi connectivity index (χ0v) is 11.4. The molecular formula is C15H22N2O2. The van der Waals surface area contributed by atoms with Gasteiger partial charge in [-0.15, -0.1) is 0 Å². The maximum absolute atomic E-state index is 12.4. The molecule has 2 atom stereocenters. The molecule has 1 aromatic rings. The highest BCUT2D eigenvalue weighted by Crippen LogP contribution is 2.18. The Labute approximate surface area is 114 Å². The van der Waals surface area contributed by atoms with E-state index >= 15 is 0 Å². The van der Waals surface area contributed by atoms with E-state index < -0.39 is 5.54 Å². The van der Waals surface area contributed by atoms with Crippen molar-refractivity contribution in [2.75, 3.05) is 13.2 Å². The highest BCUT2D eigenvalue weighted by Gasteiger charge is 2.31. The molecule has 4 heteroatoms. The Kier molecular flexibility index (Phi) is 4.56. The summed E-state index contributed by atoms with van der Waals surface area (Å²) in [6.07, 6.45) is 2.80. The number of rotatable bonds is 3. The molecule has 0 aliphatic carbocycles. The van der Waals surface area contributed by atoms with E-state index in [1.165, 1.54) is 0 Å². The SMILES string of the molecule is CC(N)(C(=O)NC1CCCOCC1)c1ccccc1. The molecule has 3 N–H and O–H groups in total. The van der Waals surface area contributed by atoms with Crippen molar-refractivity contribution in [3.63, 3.8) is 0 Å². The number of carbonyl (C=O) groups is 1. The van der Waals surface area contributed by atoms with Crippen LogP contribution in [-0.4, -0.2) is 25.2 Å². The van der Waals surface area contributed by atoms with Crippen LogP contribution in [0.1, 0.15) is 31.7 Å². The molecular weight excluding hydrogens is 240 g/mol. The second-order valence-electron chi connectivity index (χ2n) is 5.28. The minimum Gasteiger partial charge on any atom is -0.381 e. The molecule has 1 aromatic carbocycles. The third-order valence-electron chi connectivity index (χ3n) is 3.63. The molecule has 2 unspecified atom stereocenters. The number of carbonyl (C=O) groups excluding carboxylic acids is 1. The minimum atomic E-state index is -0.992.